The molecule has 4 nitrogen and oxygen atoms in total. The number of halogens is 1. The van der Waals surface area contributed by atoms with Gasteiger partial charge in [-0.1, -0.05) is 17.7 Å². The van der Waals surface area contributed by atoms with Crippen molar-refractivity contribution in [1.29, 1.82) is 0 Å². The van der Waals surface area contributed by atoms with Crippen molar-refractivity contribution in [2.45, 2.75) is 30.8 Å². The molecule has 2 aliphatic rings. The van der Waals surface area contributed by atoms with E-state index < -0.39 is 5.97 Å². The second-order valence-corrected chi connectivity index (χ2v) is 5.68. The zero-order chi connectivity index (χ0) is 13.5. The Morgan fingerprint density at radius 3 is 2.68 bits per heavy atom. The minimum absolute atomic E-state index is 0.0808. The van der Waals surface area contributed by atoms with Crippen LogP contribution in [0.2, 0.25) is 5.02 Å². The average molecular weight is 283 g/mol. The molecule has 0 spiro atoms. The minimum Gasteiger partial charge on any atom is -0.484 e. The standard InChI is InChI=1S/C14H15ClO4/c15-11-5-9(14(3-4-14)6-13(16)17)1-2-12(11)19-10-7-18-8-10/h1-2,5,10H,3-4,6-8H2,(H,16,17). The largest absolute Gasteiger partial charge is 0.484 e. The number of carbonyl (C=O) groups is 1. The molecule has 1 saturated heterocycles. The first kappa shape index (κ1) is 12.8. The second-order valence-electron chi connectivity index (χ2n) is 5.27. The predicted octanol–water partition coefficient (Wildman–Crippen LogP) is 2.62. The zero-order valence-electron chi connectivity index (χ0n) is 10.4. The molecule has 1 aliphatic heterocycles. The number of hydrogen-bond donors (Lipinski definition) is 1. The summed E-state index contributed by atoms with van der Waals surface area (Å²) >= 11 is 6.21. The van der Waals surface area contributed by atoms with Crippen LogP contribution in [0.15, 0.2) is 18.2 Å². The van der Waals surface area contributed by atoms with Crippen molar-refractivity contribution < 1.29 is 19.4 Å². The summed E-state index contributed by atoms with van der Waals surface area (Å²) < 4.78 is 10.7. The molecule has 0 amide bonds. The van der Waals surface area contributed by atoms with Gasteiger partial charge in [-0.25, -0.2) is 0 Å². The number of hydrogen-bond acceptors (Lipinski definition) is 3. The summed E-state index contributed by atoms with van der Waals surface area (Å²) in [6.45, 7) is 1.20. The molecule has 0 atom stereocenters. The molecule has 1 aromatic rings. The van der Waals surface area contributed by atoms with E-state index >= 15 is 0 Å². The first-order valence-corrected chi connectivity index (χ1v) is 6.73. The number of carboxylic acid groups (broad SMARTS) is 1. The molecule has 102 valence electrons. The van der Waals surface area contributed by atoms with Gasteiger partial charge in [-0.15, -0.1) is 0 Å². The Hall–Kier alpha value is -1.26. The van der Waals surface area contributed by atoms with Crippen molar-refractivity contribution >= 4 is 17.6 Å². The van der Waals surface area contributed by atoms with Crippen LogP contribution in [-0.4, -0.2) is 30.4 Å². The van der Waals surface area contributed by atoms with Crippen LogP contribution in [-0.2, 0) is 14.9 Å². The summed E-state index contributed by atoms with van der Waals surface area (Å²) in [5.41, 5.74) is 0.783. The molecule has 0 unspecified atom stereocenters. The Morgan fingerprint density at radius 1 is 1.47 bits per heavy atom. The third-order valence-corrected chi connectivity index (χ3v) is 4.08. The summed E-state index contributed by atoms with van der Waals surface area (Å²) in [7, 11) is 0. The van der Waals surface area contributed by atoms with E-state index in [1.165, 1.54) is 0 Å². The fourth-order valence-electron chi connectivity index (χ4n) is 2.40. The van der Waals surface area contributed by atoms with Crippen LogP contribution in [0.3, 0.4) is 0 Å². The number of ether oxygens (including phenoxy) is 2. The summed E-state index contributed by atoms with van der Waals surface area (Å²) in [6.07, 6.45) is 2.07. The summed E-state index contributed by atoms with van der Waals surface area (Å²) in [4.78, 5) is 10.9. The van der Waals surface area contributed by atoms with Crippen molar-refractivity contribution in [2.75, 3.05) is 13.2 Å². The maximum atomic E-state index is 10.9. The lowest BCUT2D eigenvalue weighted by atomic mass is 9.92. The molecule has 5 heteroatoms. The third kappa shape index (κ3) is 2.55. The first-order valence-electron chi connectivity index (χ1n) is 6.35. The zero-order valence-corrected chi connectivity index (χ0v) is 11.2. The van der Waals surface area contributed by atoms with Crippen LogP contribution in [0.1, 0.15) is 24.8 Å². The van der Waals surface area contributed by atoms with E-state index in [0.717, 1.165) is 18.4 Å². The molecule has 1 heterocycles. The molecule has 1 saturated carbocycles. The van der Waals surface area contributed by atoms with Crippen molar-refractivity contribution in [2.24, 2.45) is 0 Å². The van der Waals surface area contributed by atoms with Crippen molar-refractivity contribution in [3.63, 3.8) is 0 Å². The van der Waals surface area contributed by atoms with Crippen molar-refractivity contribution in [3.8, 4) is 5.75 Å². The topological polar surface area (TPSA) is 55.8 Å². The highest BCUT2D eigenvalue weighted by Gasteiger charge is 2.46. The van der Waals surface area contributed by atoms with Gasteiger partial charge in [0.1, 0.15) is 11.9 Å². The minimum atomic E-state index is -0.763. The number of carboxylic acids is 1. The van der Waals surface area contributed by atoms with Gasteiger partial charge in [0.15, 0.2) is 0 Å². The van der Waals surface area contributed by atoms with E-state index in [9.17, 15) is 4.79 Å². The Morgan fingerprint density at radius 2 is 2.21 bits per heavy atom. The van der Waals surface area contributed by atoms with E-state index in [1.54, 1.807) is 0 Å². The normalized spacial score (nSPS) is 20.7. The molecular weight excluding hydrogens is 268 g/mol. The average Bonchev–Trinajstić information content (AvgIpc) is 3.05. The third-order valence-electron chi connectivity index (χ3n) is 3.79. The van der Waals surface area contributed by atoms with Crippen molar-refractivity contribution in [3.05, 3.63) is 28.8 Å². The van der Waals surface area contributed by atoms with Gasteiger partial charge in [0.25, 0.3) is 0 Å². The van der Waals surface area contributed by atoms with Gasteiger partial charge in [-0.05, 0) is 30.5 Å². The smallest absolute Gasteiger partial charge is 0.304 e. The van der Waals surface area contributed by atoms with Gasteiger partial charge in [-0.2, -0.15) is 0 Å². The van der Waals surface area contributed by atoms with Gasteiger partial charge in [0.2, 0.25) is 0 Å². The van der Waals surface area contributed by atoms with Crippen LogP contribution in [0.25, 0.3) is 0 Å². The maximum Gasteiger partial charge on any atom is 0.304 e. The van der Waals surface area contributed by atoms with Crippen LogP contribution in [0, 0.1) is 0 Å². The van der Waals surface area contributed by atoms with Gasteiger partial charge in [0.05, 0.1) is 24.7 Å². The van der Waals surface area contributed by atoms with Crippen LogP contribution >= 0.6 is 11.6 Å². The number of benzene rings is 1. The molecular formula is C14H15ClO4. The number of rotatable bonds is 5. The van der Waals surface area contributed by atoms with Crippen LogP contribution in [0.5, 0.6) is 5.75 Å². The highest BCUT2D eigenvalue weighted by molar-refractivity contribution is 6.32. The number of aliphatic carboxylic acids is 1. The Bertz CT molecular complexity index is 506. The van der Waals surface area contributed by atoms with Gasteiger partial charge < -0.3 is 14.6 Å². The molecule has 0 aromatic heterocycles. The summed E-state index contributed by atoms with van der Waals surface area (Å²) in [6, 6.07) is 5.60. The van der Waals surface area contributed by atoms with E-state index in [-0.39, 0.29) is 17.9 Å². The van der Waals surface area contributed by atoms with E-state index in [4.69, 9.17) is 26.2 Å². The summed E-state index contributed by atoms with van der Waals surface area (Å²) in [5.74, 6) is -0.120. The fraction of sp³-hybridized carbons (Fsp3) is 0.500. The quantitative estimate of drug-likeness (QED) is 0.902. The van der Waals surface area contributed by atoms with Crippen LogP contribution < -0.4 is 4.74 Å². The lowest BCUT2D eigenvalue weighted by Gasteiger charge is -2.27. The molecule has 0 bridgehead atoms. The van der Waals surface area contributed by atoms with Crippen LogP contribution in [0.4, 0.5) is 0 Å². The monoisotopic (exact) mass is 282 g/mol. The molecule has 19 heavy (non-hydrogen) atoms. The second kappa shape index (κ2) is 4.69. The highest BCUT2D eigenvalue weighted by Crippen LogP contribution is 2.52. The fourth-order valence-corrected chi connectivity index (χ4v) is 2.62. The lowest BCUT2D eigenvalue weighted by molar-refractivity contribution is -0.137. The Balaban J connectivity index is 1.77. The van der Waals surface area contributed by atoms with Gasteiger partial charge in [-0.3, -0.25) is 4.79 Å². The summed E-state index contributed by atoms with van der Waals surface area (Å²) in [5, 5.41) is 9.50. The van der Waals surface area contributed by atoms with Crippen molar-refractivity contribution in [1.82, 2.24) is 0 Å². The Labute approximate surface area is 116 Å². The van der Waals surface area contributed by atoms with E-state index in [2.05, 4.69) is 0 Å². The van der Waals surface area contributed by atoms with Gasteiger partial charge >= 0.3 is 5.97 Å². The molecule has 2 fully saturated rings. The molecule has 1 aliphatic carbocycles. The first-order chi connectivity index (χ1) is 9.09. The molecule has 3 rings (SSSR count). The molecule has 0 radical (unpaired) electrons. The molecule has 1 aromatic carbocycles. The van der Waals surface area contributed by atoms with Gasteiger partial charge in [0, 0.05) is 5.41 Å². The Kier molecular flexibility index (Phi) is 3.15. The van der Waals surface area contributed by atoms with E-state index in [0.29, 0.717) is 24.0 Å². The lowest BCUT2D eigenvalue weighted by Crippen LogP contribution is -2.38. The molecule has 1 N–H and O–H groups in total. The maximum absolute atomic E-state index is 10.9. The highest BCUT2D eigenvalue weighted by atomic mass is 35.5. The van der Waals surface area contributed by atoms with E-state index in [1.807, 2.05) is 18.2 Å². The predicted molar refractivity (Wildman–Crippen MR) is 69.9 cm³/mol. The SMILES string of the molecule is O=C(O)CC1(c2ccc(OC3COC3)c(Cl)c2)CC1.